The lowest BCUT2D eigenvalue weighted by Crippen LogP contribution is -2.23. The maximum atomic E-state index is 14.3. The van der Waals surface area contributed by atoms with Crippen molar-refractivity contribution < 1.29 is 9.13 Å². The van der Waals surface area contributed by atoms with Crippen LogP contribution in [0.5, 0.6) is 5.75 Å². The minimum absolute atomic E-state index is 0.330. The van der Waals surface area contributed by atoms with Gasteiger partial charge in [-0.15, -0.1) is 0 Å². The minimum atomic E-state index is -0.449. The largest absolute Gasteiger partial charge is 0.495 e. The number of halogens is 3. The number of methoxy groups -OCH3 is 1. The number of pyridine rings is 1. The third-order valence-corrected chi connectivity index (χ3v) is 7.20. The monoisotopic (exact) mass is 501 g/mol. The molecule has 0 aliphatic heterocycles. The van der Waals surface area contributed by atoms with E-state index in [2.05, 4.69) is 18.8 Å². The molecule has 0 bridgehead atoms. The molecular formula is C25H22Cl2FN3OS. The van der Waals surface area contributed by atoms with Gasteiger partial charge in [-0.25, -0.2) is 9.37 Å². The normalized spacial score (nSPS) is 11.6. The van der Waals surface area contributed by atoms with Crippen molar-refractivity contribution >= 4 is 35.0 Å². The number of nitrogens with zero attached hydrogens (tertiary/aromatic N) is 3. The first-order valence-corrected chi connectivity index (χ1v) is 12.0. The van der Waals surface area contributed by atoms with E-state index in [1.165, 1.54) is 17.8 Å². The molecule has 170 valence electrons. The van der Waals surface area contributed by atoms with E-state index in [4.69, 9.17) is 32.9 Å². The molecule has 0 N–H and O–H groups in total. The first-order chi connectivity index (χ1) is 15.8. The van der Waals surface area contributed by atoms with E-state index in [1.54, 1.807) is 31.6 Å². The third kappa shape index (κ3) is 4.74. The predicted molar refractivity (Wildman–Crippen MR) is 132 cm³/mol. The summed E-state index contributed by atoms with van der Waals surface area (Å²) in [6.45, 7) is 4.23. The summed E-state index contributed by atoms with van der Waals surface area (Å²) in [5, 5.41) is 1.66. The summed E-state index contributed by atoms with van der Waals surface area (Å²) in [6.07, 6.45) is 5.35. The zero-order chi connectivity index (χ0) is 23.6. The van der Waals surface area contributed by atoms with Crippen LogP contribution in [-0.4, -0.2) is 21.6 Å². The maximum absolute atomic E-state index is 14.3. The summed E-state index contributed by atoms with van der Waals surface area (Å²) in [6, 6.07) is 14.3. The number of imidazole rings is 1. The van der Waals surface area contributed by atoms with Gasteiger partial charge in [0.2, 0.25) is 0 Å². The molecule has 4 aromatic rings. The van der Waals surface area contributed by atoms with Crippen LogP contribution in [0.15, 0.2) is 72.3 Å². The Hall–Kier alpha value is -2.54. The Balaban J connectivity index is 1.79. The first kappa shape index (κ1) is 23.6. The van der Waals surface area contributed by atoms with E-state index in [0.29, 0.717) is 32.3 Å². The standard InChI is InChI=1S/C25H22Cl2FN3OS/c1-25(2,16-9-10-20(27)22(12-16)32-3)23-14-30-24(31(23)17-6-5-11-29-13-17)33-15-18-19(26)7-4-8-21(18)28/h4-14H,15H2,1-3H3. The van der Waals surface area contributed by atoms with Crippen molar-refractivity contribution in [3.8, 4) is 11.4 Å². The number of hydrogen-bond acceptors (Lipinski definition) is 4. The summed E-state index contributed by atoms with van der Waals surface area (Å²) in [7, 11) is 1.60. The Morgan fingerprint density at radius 1 is 1.06 bits per heavy atom. The van der Waals surface area contributed by atoms with Crippen LogP contribution in [0.2, 0.25) is 10.0 Å². The number of thioether (sulfide) groups is 1. The summed E-state index contributed by atoms with van der Waals surface area (Å²) in [5.41, 5.74) is 2.83. The van der Waals surface area contributed by atoms with Crippen LogP contribution in [0.3, 0.4) is 0 Å². The first-order valence-electron chi connectivity index (χ1n) is 10.2. The molecule has 0 saturated heterocycles. The highest BCUT2D eigenvalue weighted by molar-refractivity contribution is 7.98. The Labute approximate surface area is 206 Å². The van der Waals surface area contributed by atoms with E-state index in [-0.39, 0.29) is 5.82 Å². The fourth-order valence-corrected chi connectivity index (χ4v) is 5.15. The molecule has 2 aromatic carbocycles. The van der Waals surface area contributed by atoms with E-state index in [0.717, 1.165) is 16.9 Å². The summed E-state index contributed by atoms with van der Waals surface area (Å²) in [5.74, 6) is 0.624. The molecule has 2 heterocycles. The molecule has 2 aromatic heterocycles. The molecule has 0 amide bonds. The Morgan fingerprint density at radius 3 is 2.58 bits per heavy atom. The highest BCUT2D eigenvalue weighted by atomic mass is 35.5. The Kier molecular flexibility index (Phi) is 6.98. The van der Waals surface area contributed by atoms with Gasteiger partial charge >= 0.3 is 0 Å². The summed E-state index contributed by atoms with van der Waals surface area (Å²) in [4.78, 5) is 8.98. The second-order valence-corrected chi connectivity index (χ2v) is 9.69. The summed E-state index contributed by atoms with van der Waals surface area (Å²) < 4.78 is 21.8. The van der Waals surface area contributed by atoms with Crippen LogP contribution in [-0.2, 0) is 11.2 Å². The second-order valence-electron chi connectivity index (χ2n) is 7.94. The lowest BCUT2D eigenvalue weighted by molar-refractivity contribution is 0.413. The lowest BCUT2D eigenvalue weighted by Gasteiger charge is -2.28. The highest BCUT2D eigenvalue weighted by Crippen LogP contribution is 2.39. The molecule has 0 fully saturated rings. The Bertz CT molecular complexity index is 1260. The van der Waals surface area contributed by atoms with Gasteiger partial charge in [0.05, 0.1) is 35.9 Å². The molecule has 0 unspecified atom stereocenters. The van der Waals surface area contributed by atoms with Gasteiger partial charge in [0, 0.05) is 28.0 Å². The van der Waals surface area contributed by atoms with Crippen LogP contribution >= 0.6 is 35.0 Å². The molecule has 0 aliphatic rings. The van der Waals surface area contributed by atoms with Crippen molar-refractivity contribution in [3.05, 3.63) is 99.8 Å². The molecule has 33 heavy (non-hydrogen) atoms. The van der Waals surface area contributed by atoms with E-state index in [1.807, 2.05) is 41.1 Å². The number of hydrogen-bond donors (Lipinski definition) is 0. The van der Waals surface area contributed by atoms with Crippen LogP contribution in [0.4, 0.5) is 4.39 Å². The number of rotatable bonds is 7. The molecule has 0 spiro atoms. The average Bonchev–Trinajstić information content (AvgIpc) is 3.24. The van der Waals surface area contributed by atoms with Crippen molar-refractivity contribution in [3.63, 3.8) is 0 Å². The van der Waals surface area contributed by atoms with E-state index >= 15 is 0 Å². The fraction of sp³-hybridized carbons (Fsp3) is 0.200. The topological polar surface area (TPSA) is 39.9 Å². The van der Waals surface area contributed by atoms with Crippen LogP contribution < -0.4 is 4.74 Å². The van der Waals surface area contributed by atoms with E-state index in [9.17, 15) is 4.39 Å². The van der Waals surface area contributed by atoms with Gasteiger partial charge in [0.1, 0.15) is 11.6 Å². The molecule has 0 atom stereocenters. The van der Waals surface area contributed by atoms with Crippen LogP contribution in [0, 0.1) is 5.82 Å². The number of aromatic nitrogens is 3. The zero-order valence-corrected chi connectivity index (χ0v) is 20.7. The van der Waals surface area contributed by atoms with Crippen molar-refractivity contribution in [1.29, 1.82) is 0 Å². The molecule has 4 nitrogen and oxygen atoms in total. The van der Waals surface area contributed by atoms with Crippen molar-refractivity contribution in [2.75, 3.05) is 7.11 Å². The SMILES string of the molecule is COc1cc(C(C)(C)c2cnc(SCc3c(F)cccc3Cl)n2-c2cccnc2)ccc1Cl. The van der Waals surface area contributed by atoms with Gasteiger partial charge in [-0.2, -0.15) is 0 Å². The number of ether oxygens (including phenoxy) is 1. The fourth-order valence-electron chi connectivity index (χ4n) is 3.62. The molecular weight excluding hydrogens is 480 g/mol. The lowest BCUT2D eigenvalue weighted by atomic mass is 9.81. The average molecular weight is 502 g/mol. The second kappa shape index (κ2) is 9.75. The third-order valence-electron chi connectivity index (χ3n) is 5.55. The van der Waals surface area contributed by atoms with Gasteiger partial charge in [0.15, 0.2) is 5.16 Å². The van der Waals surface area contributed by atoms with Gasteiger partial charge in [0.25, 0.3) is 0 Å². The van der Waals surface area contributed by atoms with Crippen molar-refractivity contribution in [2.45, 2.75) is 30.2 Å². The maximum Gasteiger partial charge on any atom is 0.173 e. The summed E-state index contributed by atoms with van der Waals surface area (Å²) >= 11 is 13.9. The van der Waals surface area contributed by atoms with Crippen molar-refractivity contribution in [1.82, 2.24) is 14.5 Å². The molecule has 0 saturated carbocycles. The molecule has 8 heteroatoms. The van der Waals surface area contributed by atoms with Gasteiger partial charge in [-0.3, -0.25) is 9.55 Å². The molecule has 4 rings (SSSR count). The Morgan fingerprint density at radius 2 is 1.88 bits per heavy atom. The highest BCUT2D eigenvalue weighted by Gasteiger charge is 2.30. The molecule has 0 radical (unpaired) electrons. The van der Waals surface area contributed by atoms with Crippen molar-refractivity contribution in [2.24, 2.45) is 0 Å². The predicted octanol–water partition coefficient (Wildman–Crippen LogP) is 7.34. The van der Waals surface area contributed by atoms with Crippen LogP contribution in [0.1, 0.15) is 30.7 Å². The zero-order valence-electron chi connectivity index (χ0n) is 18.3. The van der Waals surface area contributed by atoms with Gasteiger partial charge in [-0.05, 0) is 42.0 Å². The van der Waals surface area contributed by atoms with Crippen LogP contribution in [0.25, 0.3) is 5.69 Å². The minimum Gasteiger partial charge on any atom is -0.495 e. The molecule has 0 aliphatic carbocycles. The quantitative estimate of drug-likeness (QED) is 0.248. The van der Waals surface area contributed by atoms with Gasteiger partial charge < -0.3 is 4.74 Å². The van der Waals surface area contributed by atoms with Gasteiger partial charge in [-0.1, -0.05) is 60.9 Å². The smallest absolute Gasteiger partial charge is 0.173 e. The number of benzene rings is 2. The van der Waals surface area contributed by atoms with E-state index < -0.39 is 5.41 Å².